The molecule has 2 amide bonds. The summed E-state index contributed by atoms with van der Waals surface area (Å²) >= 11 is 1.84. The van der Waals surface area contributed by atoms with Gasteiger partial charge < -0.3 is 10.6 Å². The van der Waals surface area contributed by atoms with Gasteiger partial charge in [-0.15, -0.1) is 0 Å². The molecule has 0 atom stereocenters. The summed E-state index contributed by atoms with van der Waals surface area (Å²) in [7, 11) is 0. The number of rotatable bonds is 7. The third-order valence-electron chi connectivity index (χ3n) is 2.42. The summed E-state index contributed by atoms with van der Waals surface area (Å²) in [6.07, 6.45) is 0.968. The molecule has 18 heavy (non-hydrogen) atoms. The normalized spacial score (nSPS) is 10.1. The van der Waals surface area contributed by atoms with Crippen LogP contribution in [0.3, 0.4) is 0 Å². The molecule has 100 valence electrons. The summed E-state index contributed by atoms with van der Waals surface area (Å²) in [5, 5.41) is 5.63. The minimum Gasteiger partial charge on any atom is -0.338 e. The Balaban J connectivity index is 2.07. The standard InChI is InChI=1S/C14H22N2OS/c1-3-7-15-14(17)16-8-9-18-11-13-6-4-5-12(2)10-13/h4-6,10H,3,7-9,11H2,1-2H3,(H2,15,16,17). The average Bonchev–Trinajstić information content (AvgIpc) is 2.36. The molecule has 0 bridgehead atoms. The number of hydrogen-bond donors (Lipinski definition) is 2. The van der Waals surface area contributed by atoms with Crippen molar-refractivity contribution in [1.29, 1.82) is 0 Å². The fourth-order valence-electron chi connectivity index (χ4n) is 1.53. The highest BCUT2D eigenvalue weighted by Crippen LogP contribution is 2.12. The Morgan fingerprint density at radius 2 is 2.06 bits per heavy atom. The third kappa shape index (κ3) is 6.55. The molecular weight excluding hydrogens is 244 g/mol. The highest BCUT2D eigenvalue weighted by Gasteiger charge is 1.98. The van der Waals surface area contributed by atoms with Crippen LogP contribution in [-0.4, -0.2) is 24.9 Å². The van der Waals surface area contributed by atoms with Crippen molar-refractivity contribution in [3.63, 3.8) is 0 Å². The lowest BCUT2D eigenvalue weighted by molar-refractivity contribution is 0.241. The highest BCUT2D eigenvalue weighted by atomic mass is 32.2. The monoisotopic (exact) mass is 266 g/mol. The molecule has 0 aliphatic heterocycles. The summed E-state index contributed by atoms with van der Waals surface area (Å²) in [6.45, 7) is 5.60. The highest BCUT2D eigenvalue weighted by molar-refractivity contribution is 7.98. The zero-order valence-corrected chi connectivity index (χ0v) is 12.0. The summed E-state index contributed by atoms with van der Waals surface area (Å²) in [5.74, 6) is 1.94. The Kier molecular flexibility index (Phi) is 7.34. The van der Waals surface area contributed by atoms with Gasteiger partial charge in [-0.1, -0.05) is 36.8 Å². The molecule has 0 radical (unpaired) electrons. The lowest BCUT2D eigenvalue weighted by Crippen LogP contribution is -2.36. The van der Waals surface area contributed by atoms with Crippen LogP contribution in [0, 0.1) is 6.92 Å². The average molecular weight is 266 g/mol. The predicted octanol–water partition coefficient (Wildman–Crippen LogP) is 2.94. The molecule has 0 heterocycles. The zero-order chi connectivity index (χ0) is 13.2. The largest absolute Gasteiger partial charge is 0.338 e. The minimum atomic E-state index is -0.0620. The molecule has 0 aliphatic carbocycles. The summed E-state index contributed by atoms with van der Waals surface area (Å²) in [6, 6.07) is 8.47. The molecule has 2 N–H and O–H groups in total. The van der Waals surface area contributed by atoms with Crippen molar-refractivity contribution in [3.05, 3.63) is 35.4 Å². The van der Waals surface area contributed by atoms with Gasteiger partial charge in [0.05, 0.1) is 0 Å². The van der Waals surface area contributed by atoms with Gasteiger partial charge in [0.15, 0.2) is 0 Å². The second-order valence-electron chi connectivity index (χ2n) is 4.22. The summed E-state index contributed by atoms with van der Waals surface area (Å²) < 4.78 is 0. The van der Waals surface area contributed by atoms with E-state index in [1.807, 2.05) is 18.7 Å². The van der Waals surface area contributed by atoms with E-state index in [2.05, 4.69) is 41.8 Å². The maximum Gasteiger partial charge on any atom is 0.314 e. The first-order chi connectivity index (χ1) is 8.72. The van der Waals surface area contributed by atoms with Crippen LogP contribution in [0.15, 0.2) is 24.3 Å². The third-order valence-corrected chi connectivity index (χ3v) is 3.45. The molecular formula is C14H22N2OS. The number of aryl methyl sites for hydroxylation is 1. The topological polar surface area (TPSA) is 41.1 Å². The number of thioether (sulfide) groups is 1. The Bertz CT molecular complexity index is 369. The van der Waals surface area contributed by atoms with Gasteiger partial charge in [0.2, 0.25) is 0 Å². The van der Waals surface area contributed by atoms with Crippen molar-refractivity contribution in [3.8, 4) is 0 Å². The zero-order valence-electron chi connectivity index (χ0n) is 11.2. The first-order valence-electron chi connectivity index (χ1n) is 6.37. The first kappa shape index (κ1) is 14.9. The van der Waals surface area contributed by atoms with Crippen LogP contribution >= 0.6 is 11.8 Å². The van der Waals surface area contributed by atoms with Gasteiger partial charge in [0.25, 0.3) is 0 Å². The van der Waals surface area contributed by atoms with E-state index in [9.17, 15) is 4.79 Å². The van der Waals surface area contributed by atoms with Crippen LogP contribution in [0.25, 0.3) is 0 Å². The molecule has 0 unspecified atom stereocenters. The summed E-state index contributed by atoms with van der Waals surface area (Å²) in [4.78, 5) is 11.2. The van der Waals surface area contributed by atoms with E-state index in [1.54, 1.807) is 0 Å². The Labute approximate surface area is 114 Å². The molecule has 0 spiro atoms. The van der Waals surface area contributed by atoms with Gasteiger partial charge in [-0.05, 0) is 18.9 Å². The number of urea groups is 1. The number of hydrogen-bond acceptors (Lipinski definition) is 2. The predicted molar refractivity (Wildman–Crippen MR) is 79.0 cm³/mol. The quantitative estimate of drug-likeness (QED) is 0.745. The lowest BCUT2D eigenvalue weighted by atomic mass is 10.2. The van der Waals surface area contributed by atoms with Gasteiger partial charge in [-0.3, -0.25) is 0 Å². The maximum absolute atomic E-state index is 11.2. The lowest BCUT2D eigenvalue weighted by Gasteiger charge is -2.06. The van der Waals surface area contributed by atoms with Crippen molar-refractivity contribution in [2.75, 3.05) is 18.8 Å². The number of benzene rings is 1. The minimum absolute atomic E-state index is 0.0620. The van der Waals surface area contributed by atoms with Crippen molar-refractivity contribution in [2.24, 2.45) is 0 Å². The number of nitrogens with one attached hydrogen (secondary N) is 2. The van der Waals surface area contributed by atoms with Crippen LogP contribution in [-0.2, 0) is 5.75 Å². The van der Waals surface area contributed by atoms with E-state index in [4.69, 9.17) is 0 Å². The fraction of sp³-hybridized carbons (Fsp3) is 0.500. The second-order valence-corrected chi connectivity index (χ2v) is 5.33. The number of amides is 2. The first-order valence-corrected chi connectivity index (χ1v) is 7.53. The molecule has 3 nitrogen and oxygen atoms in total. The Morgan fingerprint density at radius 3 is 2.78 bits per heavy atom. The van der Waals surface area contributed by atoms with Crippen LogP contribution in [0.1, 0.15) is 24.5 Å². The SMILES string of the molecule is CCCNC(=O)NCCSCc1cccc(C)c1. The van der Waals surface area contributed by atoms with Gasteiger partial charge in [-0.25, -0.2) is 4.79 Å². The van der Waals surface area contributed by atoms with E-state index in [-0.39, 0.29) is 6.03 Å². The smallest absolute Gasteiger partial charge is 0.314 e. The number of carbonyl (C=O) groups excluding carboxylic acids is 1. The van der Waals surface area contributed by atoms with Crippen LogP contribution in [0.4, 0.5) is 4.79 Å². The van der Waals surface area contributed by atoms with E-state index < -0.39 is 0 Å². The van der Waals surface area contributed by atoms with Crippen LogP contribution in [0.2, 0.25) is 0 Å². The van der Waals surface area contributed by atoms with Gasteiger partial charge >= 0.3 is 6.03 Å². The molecule has 1 rings (SSSR count). The fourth-order valence-corrected chi connectivity index (χ4v) is 2.34. The van der Waals surface area contributed by atoms with E-state index >= 15 is 0 Å². The Hall–Kier alpha value is -1.16. The van der Waals surface area contributed by atoms with Crippen molar-refractivity contribution < 1.29 is 4.79 Å². The van der Waals surface area contributed by atoms with Gasteiger partial charge in [0, 0.05) is 24.6 Å². The molecule has 0 aliphatic rings. The van der Waals surface area contributed by atoms with Crippen molar-refractivity contribution in [1.82, 2.24) is 10.6 Å². The molecule has 1 aromatic rings. The van der Waals surface area contributed by atoms with Crippen LogP contribution < -0.4 is 10.6 Å². The van der Waals surface area contributed by atoms with E-state index in [1.165, 1.54) is 11.1 Å². The van der Waals surface area contributed by atoms with Gasteiger partial charge in [-0.2, -0.15) is 11.8 Å². The molecule has 0 fully saturated rings. The van der Waals surface area contributed by atoms with E-state index in [0.29, 0.717) is 6.54 Å². The summed E-state index contributed by atoms with van der Waals surface area (Å²) in [5.41, 5.74) is 2.64. The number of carbonyl (C=O) groups is 1. The molecule has 1 aromatic carbocycles. The maximum atomic E-state index is 11.2. The van der Waals surface area contributed by atoms with E-state index in [0.717, 1.165) is 24.5 Å². The molecule has 0 saturated heterocycles. The Morgan fingerprint density at radius 1 is 1.28 bits per heavy atom. The van der Waals surface area contributed by atoms with Crippen LogP contribution in [0.5, 0.6) is 0 Å². The molecule has 0 saturated carbocycles. The second kappa shape index (κ2) is 8.86. The molecule has 4 heteroatoms. The van der Waals surface area contributed by atoms with Crippen molar-refractivity contribution >= 4 is 17.8 Å². The van der Waals surface area contributed by atoms with Gasteiger partial charge in [0.1, 0.15) is 0 Å². The van der Waals surface area contributed by atoms with Crippen molar-refractivity contribution in [2.45, 2.75) is 26.0 Å². The molecule has 0 aromatic heterocycles.